The van der Waals surface area contributed by atoms with Gasteiger partial charge in [0.05, 0.1) is 20.6 Å². The monoisotopic (exact) mass is 595 g/mol. The summed E-state index contributed by atoms with van der Waals surface area (Å²) in [6.07, 6.45) is 7.74. The van der Waals surface area contributed by atoms with Crippen LogP contribution in [-0.4, -0.2) is 55.0 Å². The Labute approximate surface area is 253 Å². The average molecular weight is 596 g/mol. The normalized spacial score (nSPS) is 32.9. The van der Waals surface area contributed by atoms with Crippen LogP contribution in [0, 0.1) is 28.6 Å². The first-order chi connectivity index (χ1) is 20.5. The van der Waals surface area contributed by atoms with Crippen molar-refractivity contribution in [2.45, 2.75) is 90.2 Å². The molecule has 0 aliphatic heterocycles. The lowest BCUT2D eigenvalue weighted by Crippen LogP contribution is -2.58. The quantitative estimate of drug-likeness (QED) is 0.379. The molecule has 43 heavy (non-hydrogen) atoms. The molecule has 234 valence electrons. The van der Waals surface area contributed by atoms with Crippen LogP contribution in [0.3, 0.4) is 0 Å². The van der Waals surface area contributed by atoms with Crippen molar-refractivity contribution >= 4 is 23.4 Å². The summed E-state index contributed by atoms with van der Waals surface area (Å²) >= 11 is 0. The number of carbonyl (C=O) groups excluding carboxylic acids is 4. The number of nitrogens with one attached hydrogen (secondary N) is 1. The predicted molar refractivity (Wildman–Crippen MR) is 158 cm³/mol. The minimum atomic E-state index is -1.55. The van der Waals surface area contributed by atoms with Crippen LogP contribution >= 0.6 is 0 Å². The van der Waals surface area contributed by atoms with Crippen LogP contribution in [0.15, 0.2) is 29.8 Å². The Morgan fingerprint density at radius 2 is 1.74 bits per heavy atom. The van der Waals surface area contributed by atoms with Gasteiger partial charge in [0.2, 0.25) is 11.7 Å². The molecule has 1 aromatic rings. The molecule has 0 saturated heterocycles. The molecule has 2 N–H and O–H groups in total. The van der Waals surface area contributed by atoms with Gasteiger partial charge in [-0.1, -0.05) is 31.6 Å². The second-order valence-electron chi connectivity index (χ2n) is 13.3. The largest absolute Gasteiger partial charge is 0.493 e. The van der Waals surface area contributed by atoms with Crippen LogP contribution in [0.1, 0.15) is 83.6 Å². The topological polar surface area (TPSA) is 128 Å². The smallest absolute Gasteiger partial charge is 0.306 e. The fraction of sp³-hybridized carbons (Fsp3) is 0.647. The number of hydrogen-bond acceptors (Lipinski definition) is 8. The van der Waals surface area contributed by atoms with E-state index in [1.165, 1.54) is 19.8 Å². The van der Waals surface area contributed by atoms with Crippen molar-refractivity contribution in [2.75, 3.05) is 20.8 Å². The third-order valence-electron chi connectivity index (χ3n) is 11.5. The van der Waals surface area contributed by atoms with E-state index in [0.29, 0.717) is 36.2 Å². The third kappa shape index (κ3) is 5.49. The van der Waals surface area contributed by atoms with E-state index in [1.807, 2.05) is 19.1 Å². The van der Waals surface area contributed by atoms with Crippen molar-refractivity contribution in [1.29, 1.82) is 0 Å². The molecule has 1 amide bonds. The minimum absolute atomic E-state index is 0.0186. The molecule has 0 unspecified atom stereocenters. The number of methoxy groups -OCH3 is 2. The van der Waals surface area contributed by atoms with E-state index < -0.39 is 29.4 Å². The van der Waals surface area contributed by atoms with Crippen LogP contribution in [0.4, 0.5) is 0 Å². The van der Waals surface area contributed by atoms with E-state index in [1.54, 1.807) is 12.1 Å². The molecule has 0 radical (unpaired) electrons. The predicted octanol–water partition coefficient (Wildman–Crippen LogP) is 4.48. The number of para-hydroxylation sites is 1. The highest BCUT2D eigenvalue weighted by molar-refractivity contribution is 5.92. The first-order valence-corrected chi connectivity index (χ1v) is 15.6. The second-order valence-corrected chi connectivity index (χ2v) is 13.3. The van der Waals surface area contributed by atoms with E-state index in [4.69, 9.17) is 14.2 Å². The molecule has 6 atom stereocenters. The number of aliphatic hydroxyl groups is 1. The molecule has 0 heterocycles. The fourth-order valence-electron chi connectivity index (χ4n) is 8.96. The Balaban J connectivity index is 1.13. The maximum atomic E-state index is 13.5. The average Bonchev–Trinajstić information content (AvgIpc) is 3.28. The number of ketones is 2. The lowest BCUT2D eigenvalue weighted by Gasteiger charge is -2.58. The van der Waals surface area contributed by atoms with Crippen LogP contribution < -0.4 is 14.8 Å². The number of amides is 1. The highest BCUT2D eigenvalue weighted by Crippen LogP contribution is 2.67. The first-order valence-electron chi connectivity index (χ1n) is 15.6. The minimum Gasteiger partial charge on any atom is -0.493 e. The Bertz CT molecular complexity index is 1320. The van der Waals surface area contributed by atoms with Crippen molar-refractivity contribution < 1.29 is 38.5 Å². The Morgan fingerprint density at radius 3 is 2.49 bits per heavy atom. The van der Waals surface area contributed by atoms with Gasteiger partial charge in [0.15, 0.2) is 23.9 Å². The van der Waals surface area contributed by atoms with Crippen LogP contribution in [0.5, 0.6) is 11.5 Å². The van der Waals surface area contributed by atoms with E-state index in [-0.39, 0.29) is 42.4 Å². The molecular formula is C34H45NO8. The summed E-state index contributed by atoms with van der Waals surface area (Å²) in [7, 11) is 3.06. The van der Waals surface area contributed by atoms with Gasteiger partial charge in [0.1, 0.15) is 5.60 Å². The number of Topliss-reactive ketones (excluding diaryl/α,β-unsaturated/α-hetero) is 1. The van der Waals surface area contributed by atoms with Gasteiger partial charge in [-0.2, -0.15) is 0 Å². The number of fused-ring (bicyclic) bond motifs is 5. The zero-order chi connectivity index (χ0) is 31.0. The van der Waals surface area contributed by atoms with Gasteiger partial charge < -0.3 is 24.6 Å². The van der Waals surface area contributed by atoms with Crippen LogP contribution in [0.2, 0.25) is 0 Å². The number of carbonyl (C=O) groups is 4. The highest BCUT2D eigenvalue weighted by Gasteiger charge is 2.66. The van der Waals surface area contributed by atoms with Crippen molar-refractivity contribution in [3.05, 3.63) is 35.4 Å². The zero-order valence-corrected chi connectivity index (χ0v) is 25.8. The molecule has 5 rings (SSSR count). The first kappa shape index (κ1) is 31.2. The molecule has 4 aliphatic rings. The van der Waals surface area contributed by atoms with Crippen molar-refractivity contribution in [3.63, 3.8) is 0 Å². The molecule has 0 bridgehead atoms. The molecule has 3 saturated carbocycles. The molecule has 9 nitrogen and oxygen atoms in total. The Hall–Kier alpha value is -3.20. The summed E-state index contributed by atoms with van der Waals surface area (Å²) in [6, 6.07) is 5.37. The van der Waals surface area contributed by atoms with Crippen molar-refractivity contribution in [2.24, 2.45) is 28.6 Å². The molecule has 3 fully saturated rings. The van der Waals surface area contributed by atoms with Crippen molar-refractivity contribution in [3.8, 4) is 11.5 Å². The fourth-order valence-corrected chi connectivity index (χ4v) is 8.96. The molecule has 0 aromatic heterocycles. The molecule has 4 aliphatic carbocycles. The maximum absolute atomic E-state index is 13.5. The lowest BCUT2D eigenvalue weighted by molar-refractivity contribution is -0.170. The van der Waals surface area contributed by atoms with Crippen LogP contribution in [0.25, 0.3) is 0 Å². The van der Waals surface area contributed by atoms with Gasteiger partial charge in [0, 0.05) is 30.4 Å². The molecule has 0 spiro atoms. The highest BCUT2D eigenvalue weighted by atomic mass is 16.5. The van der Waals surface area contributed by atoms with Gasteiger partial charge in [-0.05, 0) is 80.3 Å². The Kier molecular flexibility index (Phi) is 8.76. The third-order valence-corrected chi connectivity index (χ3v) is 11.5. The van der Waals surface area contributed by atoms with Gasteiger partial charge in [-0.25, -0.2) is 0 Å². The van der Waals surface area contributed by atoms with Crippen LogP contribution in [-0.2, 0) is 30.5 Å². The Morgan fingerprint density at radius 1 is 0.977 bits per heavy atom. The lowest BCUT2D eigenvalue weighted by atomic mass is 9.46. The number of hydrogen-bond donors (Lipinski definition) is 2. The number of rotatable bonds is 10. The number of esters is 1. The van der Waals surface area contributed by atoms with E-state index >= 15 is 0 Å². The summed E-state index contributed by atoms with van der Waals surface area (Å²) in [5, 5.41) is 14.6. The standard InChI is InChI=1S/C34H45NO8/c1-32-15-12-23(36)18-22(32)8-9-24-25(32)13-16-33(2)26(24)14-17-34(33,40)28(37)20-43-30(39)11-10-29(38)35-19-21-6-5-7-27(41-3)31(21)42-4/h5-7,18,24-26,40H,8-17,19-20H2,1-4H3,(H,35,38)/t24-,25+,26+,32+,33-,34+/m0/s1. The van der Waals surface area contributed by atoms with Gasteiger partial charge in [-0.15, -0.1) is 0 Å². The van der Waals surface area contributed by atoms with Gasteiger partial charge >= 0.3 is 5.97 Å². The number of benzene rings is 1. The summed E-state index contributed by atoms with van der Waals surface area (Å²) < 4.78 is 15.9. The maximum Gasteiger partial charge on any atom is 0.306 e. The molecule has 1 aromatic carbocycles. The zero-order valence-electron chi connectivity index (χ0n) is 25.8. The summed E-state index contributed by atoms with van der Waals surface area (Å²) in [5.41, 5.74) is -0.0816. The van der Waals surface area contributed by atoms with Gasteiger partial charge in [-0.3, -0.25) is 19.2 Å². The SMILES string of the molecule is COc1cccc(CNC(=O)CCC(=O)OCC(=O)[C@]2(O)CC[C@@H]3[C@H]4CCC5=CC(=O)CC[C@@]5(C)[C@@H]4CC[C@@]32C)c1OC. The number of allylic oxidation sites excluding steroid dienone is 1. The second kappa shape index (κ2) is 12.1. The summed E-state index contributed by atoms with van der Waals surface area (Å²) in [4.78, 5) is 50.4. The summed E-state index contributed by atoms with van der Waals surface area (Å²) in [6.45, 7) is 4.06. The van der Waals surface area contributed by atoms with Crippen molar-refractivity contribution in [1.82, 2.24) is 5.32 Å². The number of ether oxygens (including phenoxy) is 3. The van der Waals surface area contributed by atoms with E-state index in [2.05, 4.69) is 12.2 Å². The van der Waals surface area contributed by atoms with E-state index in [9.17, 15) is 24.3 Å². The molecule has 9 heteroatoms. The summed E-state index contributed by atoms with van der Waals surface area (Å²) in [5.74, 6) is 0.930. The van der Waals surface area contributed by atoms with Gasteiger partial charge in [0.25, 0.3) is 0 Å². The van der Waals surface area contributed by atoms with E-state index in [0.717, 1.165) is 44.1 Å². The molecular weight excluding hydrogens is 550 g/mol.